The number of halogens is 2. The quantitative estimate of drug-likeness (QED) is 0.448. The van der Waals surface area contributed by atoms with Gasteiger partial charge in [-0.2, -0.15) is 0 Å². The van der Waals surface area contributed by atoms with E-state index in [4.69, 9.17) is 23.2 Å². The van der Waals surface area contributed by atoms with Gasteiger partial charge in [-0.05, 0) is 55.5 Å². The first kappa shape index (κ1) is 25.2. The third kappa shape index (κ3) is 6.98. The van der Waals surface area contributed by atoms with Gasteiger partial charge in [-0.15, -0.1) is 0 Å². The molecule has 4 nitrogen and oxygen atoms in total. The van der Waals surface area contributed by atoms with Crippen molar-refractivity contribution in [3.8, 4) is 0 Å². The number of rotatable bonds is 10. The van der Waals surface area contributed by atoms with Gasteiger partial charge in [-0.3, -0.25) is 9.59 Å². The summed E-state index contributed by atoms with van der Waals surface area (Å²) in [6.07, 6.45) is 2.59. The number of hydrogen-bond donors (Lipinski definition) is 1. The molecule has 0 unspecified atom stereocenters. The summed E-state index contributed by atoms with van der Waals surface area (Å²) in [5.41, 5.74) is 3.89. The van der Waals surface area contributed by atoms with Gasteiger partial charge in [0.05, 0.1) is 6.42 Å². The van der Waals surface area contributed by atoms with Crippen LogP contribution in [0.5, 0.6) is 0 Å². The molecule has 6 heteroatoms. The van der Waals surface area contributed by atoms with E-state index in [0.717, 1.165) is 24.0 Å². The van der Waals surface area contributed by atoms with Gasteiger partial charge in [-0.25, -0.2) is 0 Å². The summed E-state index contributed by atoms with van der Waals surface area (Å²) < 4.78 is 0. The molecule has 0 heterocycles. The van der Waals surface area contributed by atoms with Crippen LogP contribution >= 0.6 is 23.2 Å². The fourth-order valence-corrected chi connectivity index (χ4v) is 3.99. The van der Waals surface area contributed by atoms with Gasteiger partial charge in [-0.1, -0.05) is 67.7 Å². The van der Waals surface area contributed by atoms with E-state index in [1.54, 1.807) is 23.1 Å². The standard InChI is InChI=1S/C25H32Cl2N2O2/c1-5-7-13-28-25(31)23(6-2)29(16-20-21(26)9-8-10-22(20)27)24(30)15-19-12-11-17(3)18(4)14-19/h8-12,14,23H,5-7,13,15-16H2,1-4H3,(H,28,31)/t23-/m0/s1. The zero-order valence-corrected chi connectivity index (χ0v) is 20.3. The van der Waals surface area contributed by atoms with Crippen molar-refractivity contribution < 1.29 is 9.59 Å². The van der Waals surface area contributed by atoms with E-state index < -0.39 is 6.04 Å². The van der Waals surface area contributed by atoms with E-state index in [-0.39, 0.29) is 24.8 Å². The van der Waals surface area contributed by atoms with Crippen LogP contribution in [0.25, 0.3) is 0 Å². The van der Waals surface area contributed by atoms with E-state index in [1.807, 2.05) is 39.0 Å². The number of carbonyl (C=O) groups excluding carboxylic acids is 2. The maximum atomic E-state index is 13.4. The van der Waals surface area contributed by atoms with Gasteiger partial charge >= 0.3 is 0 Å². The molecule has 0 aromatic heterocycles. The van der Waals surface area contributed by atoms with Crippen molar-refractivity contribution in [1.82, 2.24) is 10.2 Å². The number of hydrogen-bond acceptors (Lipinski definition) is 2. The van der Waals surface area contributed by atoms with E-state index >= 15 is 0 Å². The lowest BCUT2D eigenvalue weighted by atomic mass is 10.0. The zero-order valence-electron chi connectivity index (χ0n) is 18.8. The van der Waals surface area contributed by atoms with Crippen LogP contribution < -0.4 is 5.32 Å². The average molecular weight is 463 g/mol. The summed E-state index contributed by atoms with van der Waals surface area (Å²) in [6.45, 7) is 8.83. The molecule has 0 spiro atoms. The van der Waals surface area contributed by atoms with Crippen molar-refractivity contribution in [3.63, 3.8) is 0 Å². The van der Waals surface area contributed by atoms with Crippen LogP contribution in [0.1, 0.15) is 55.4 Å². The Balaban J connectivity index is 2.34. The summed E-state index contributed by atoms with van der Waals surface area (Å²) in [6, 6.07) is 10.7. The van der Waals surface area contributed by atoms with Crippen LogP contribution in [0.2, 0.25) is 10.0 Å². The monoisotopic (exact) mass is 462 g/mol. The first-order valence-electron chi connectivity index (χ1n) is 10.8. The Labute approximate surface area is 195 Å². The van der Waals surface area contributed by atoms with Crippen LogP contribution in [-0.4, -0.2) is 29.3 Å². The van der Waals surface area contributed by atoms with Gasteiger partial charge in [0.2, 0.25) is 11.8 Å². The molecular weight excluding hydrogens is 431 g/mol. The Hall–Kier alpha value is -2.04. The topological polar surface area (TPSA) is 49.4 Å². The maximum Gasteiger partial charge on any atom is 0.242 e. The van der Waals surface area contributed by atoms with Gasteiger partial charge < -0.3 is 10.2 Å². The highest BCUT2D eigenvalue weighted by Crippen LogP contribution is 2.27. The van der Waals surface area contributed by atoms with Crippen LogP contribution in [0.3, 0.4) is 0 Å². The van der Waals surface area contributed by atoms with Gasteiger partial charge in [0.1, 0.15) is 6.04 Å². The highest BCUT2D eigenvalue weighted by molar-refractivity contribution is 6.36. The van der Waals surface area contributed by atoms with Crippen molar-refractivity contribution in [2.24, 2.45) is 0 Å². The average Bonchev–Trinajstić information content (AvgIpc) is 2.72. The van der Waals surface area contributed by atoms with Crippen LogP contribution in [0, 0.1) is 13.8 Å². The van der Waals surface area contributed by atoms with E-state index in [9.17, 15) is 9.59 Å². The SMILES string of the molecule is CCCCNC(=O)[C@H](CC)N(Cc1c(Cl)cccc1Cl)C(=O)Cc1ccc(C)c(C)c1. The second kappa shape index (κ2) is 12.1. The molecule has 1 N–H and O–H groups in total. The molecule has 0 fully saturated rings. The molecule has 0 saturated carbocycles. The molecule has 1 atom stereocenters. The Morgan fingerprint density at radius 1 is 1.03 bits per heavy atom. The molecule has 2 amide bonds. The summed E-state index contributed by atoms with van der Waals surface area (Å²) in [5.74, 6) is -0.274. The summed E-state index contributed by atoms with van der Waals surface area (Å²) >= 11 is 12.8. The van der Waals surface area contributed by atoms with Crippen molar-refractivity contribution in [2.75, 3.05) is 6.54 Å². The van der Waals surface area contributed by atoms with E-state index in [2.05, 4.69) is 12.2 Å². The summed E-state index contributed by atoms with van der Waals surface area (Å²) in [7, 11) is 0. The molecule has 0 aliphatic rings. The number of carbonyl (C=O) groups is 2. The lowest BCUT2D eigenvalue weighted by molar-refractivity contribution is -0.140. The van der Waals surface area contributed by atoms with Gasteiger partial charge in [0, 0.05) is 28.7 Å². The largest absolute Gasteiger partial charge is 0.354 e. The number of nitrogens with zero attached hydrogens (tertiary/aromatic N) is 1. The number of nitrogens with one attached hydrogen (secondary N) is 1. The Bertz CT molecular complexity index is 894. The van der Waals surface area contributed by atoms with Crippen LogP contribution in [0.4, 0.5) is 0 Å². The fourth-order valence-electron chi connectivity index (χ4n) is 3.47. The number of aryl methyl sites for hydroxylation is 2. The molecule has 0 saturated heterocycles. The predicted molar refractivity (Wildman–Crippen MR) is 129 cm³/mol. The third-order valence-corrected chi connectivity index (χ3v) is 6.24. The summed E-state index contributed by atoms with van der Waals surface area (Å²) in [5, 5.41) is 3.93. The first-order valence-corrected chi connectivity index (χ1v) is 11.6. The Morgan fingerprint density at radius 3 is 2.29 bits per heavy atom. The number of benzene rings is 2. The van der Waals surface area contributed by atoms with Crippen molar-refractivity contribution in [1.29, 1.82) is 0 Å². The van der Waals surface area contributed by atoms with Crippen LogP contribution in [0.15, 0.2) is 36.4 Å². The fraction of sp³-hybridized carbons (Fsp3) is 0.440. The first-order chi connectivity index (χ1) is 14.8. The summed E-state index contributed by atoms with van der Waals surface area (Å²) in [4.78, 5) is 28.0. The Kier molecular flexibility index (Phi) is 9.86. The number of amides is 2. The van der Waals surface area contributed by atoms with Crippen molar-refractivity contribution in [2.45, 2.75) is 66.0 Å². The highest BCUT2D eigenvalue weighted by atomic mass is 35.5. The Morgan fingerprint density at radius 2 is 1.71 bits per heavy atom. The second-order valence-electron chi connectivity index (χ2n) is 7.89. The van der Waals surface area contributed by atoms with Crippen LogP contribution in [-0.2, 0) is 22.6 Å². The lowest BCUT2D eigenvalue weighted by Gasteiger charge is -2.31. The maximum absolute atomic E-state index is 13.4. The minimum atomic E-state index is -0.594. The molecule has 2 aromatic carbocycles. The molecule has 2 rings (SSSR count). The molecule has 168 valence electrons. The van der Waals surface area contributed by atoms with Crippen molar-refractivity contribution in [3.05, 3.63) is 68.7 Å². The van der Waals surface area contributed by atoms with Crippen molar-refractivity contribution >= 4 is 35.0 Å². The zero-order chi connectivity index (χ0) is 23.0. The van der Waals surface area contributed by atoms with E-state index in [0.29, 0.717) is 28.6 Å². The van der Waals surface area contributed by atoms with Gasteiger partial charge in [0.25, 0.3) is 0 Å². The molecule has 0 aliphatic heterocycles. The van der Waals surface area contributed by atoms with Gasteiger partial charge in [0.15, 0.2) is 0 Å². The lowest BCUT2D eigenvalue weighted by Crippen LogP contribution is -2.49. The number of unbranched alkanes of at least 4 members (excludes halogenated alkanes) is 1. The molecule has 2 aromatic rings. The molecule has 0 bridgehead atoms. The normalized spacial score (nSPS) is 11.8. The highest BCUT2D eigenvalue weighted by Gasteiger charge is 2.29. The second-order valence-corrected chi connectivity index (χ2v) is 8.70. The minimum absolute atomic E-state index is 0.128. The predicted octanol–water partition coefficient (Wildman–Crippen LogP) is 5.88. The smallest absolute Gasteiger partial charge is 0.242 e. The molecule has 31 heavy (non-hydrogen) atoms. The molecule has 0 radical (unpaired) electrons. The van der Waals surface area contributed by atoms with E-state index in [1.165, 1.54) is 5.56 Å². The molecular formula is C25H32Cl2N2O2. The molecule has 0 aliphatic carbocycles. The minimum Gasteiger partial charge on any atom is -0.354 e. The third-order valence-electron chi connectivity index (χ3n) is 5.53.